The molecule has 2 aromatic rings. The molecule has 0 radical (unpaired) electrons. The Bertz CT molecular complexity index is 1320. The normalized spacial score (nSPS) is 45.2. The van der Waals surface area contributed by atoms with Gasteiger partial charge in [-0.3, -0.25) is 4.98 Å². The maximum Gasteiger partial charge on any atom is 0.171 e. The number of allylic oxidation sites excluding steroid dienone is 3. The van der Waals surface area contributed by atoms with E-state index in [2.05, 4.69) is 48.3 Å². The molecular weight excluding hydrogens is 455 g/mol. The zero-order chi connectivity index (χ0) is 25.1. The van der Waals surface area contributed by atoms with E-state index in [-0.39, 0.29) is 23.8 Å². The van der Waals surface area contributed by atoms with Crippen molar-refractivity contribution in [3.05, 3.63) is 59.8 Å². The van der Waals surface area contributed by atoms with Crippen molar-refractivity contribution in [2.24, 2.45) is 11.3 Å². The molecule has 36 heavy (non-hydrogen) atoms. The third kappa shape index (κ3) is 2.61. The number of rotatable bonds is 2. The molecule has 8 atom stereocenters. The number of halogens is 1. The van der Waals surface area contributed by atoms with E-state index in [1.54, 1.807) is 0 Å². The topological polar surface area (TPSA) is 65.8 Å². The summed E-state index contributed by atoms with van der Waals surface area (Å²) in [6.45, 7) is 2.35. The molecule has 5 aliphatic rings. The number of aromatic nitrogens is 1. The van der Waals surface area contributed by atoms with Crippen LogP contribution in [0.25, 0.3) is 16.5 Å². The molecule has 5 nitrogen and oxygen atoms in total. The minimum atomic E-state index is -1.98. The molecule has 2 bridgehead atoms. The minimum absolute atomic E-state index is 0.136. The molecule has 2 aliphatic heterocycles. The van der Waals surface area contributed by atoms with Gasteiger partial charge < -0.3 is 19.8 Å². The summed E-state index contributed by atoms with van der Waals surface area (Å²) in [6, 6.07) is 10.1. The van der Waals surface area contributed by atoms with Crippen molar-refractivity contribution in [3.8, 4) is 0 Å². The van der Waals surface area contributed by atoms with Gasteiger partial charge in [-0.2, -0.15) is 0 Å². The largest absolute Gasteiger partial charge is 0.389 e. The number of benzene rings is 1. The van der Waals surface area contributed by atoms with Crippen molar-refractivity contribution < 1.29 is 19.3 Å². The van der Waals surface area contributed by atoms with Gasteiger partial charge in [-0.1, -0.05) is 37.3 Å². The van der Waals surface area contributed by atoms with Crippen molar-refractivity contribution in [3.63, 3.8) is 0 Å². The van der Waals surface area contributed by atoms with Crippen molar-refractivity contribution in [2.75, 3.05) is 14.1 Å². The first-order chi connectivity index (χ1) is 17.2. The van der Waals surface area contributed by atoms with Crippen LogP contribution in [-0.2, 0) is 4.74 Å². The average molecular weight is 491 g/mol. The molecule has 3 fully saturated rings. The van der Waals surface area contributed by atoms with Crippen molar-refractivity contribution in [1.82, 2.24) is 9.88 Å². The van der Waals surface area contributed by atoms with E-state index in [1.807, 2.05) is 31.3 Å². The highest BCUT2D eigenvalue weighted by Gasteiger charge is 2.76. The second-order valence-electron chi connectivity index (χ2n) is 12.3. The van der Waals surface area contributed by atoms with Gasteiger partial charge in [0.15, 0.2) is 5.67 Å². The Morgan fingerprint density at radius 1 is 1.11 bits per heavy atom. The van der Waals surface area contributed by atoms with E-state index in [4.69, 9.17) is 4.74 Å². The van der Waals surface area contributed by atoms with Crippen LogP contribution >= 0.6 is 0 Å². The fraction of sp³-hybridized carbons (Fsp3) is 0.567. The summed E-state index contributed by atoms with van der Waals surface area (Å²) >= 11 is 0. The van der Waals surface area contributed by atoms with E-state index in [0.717, 1.165) is 35.7 Å². The first-order valence-corrected chi connectivity index (χ1v) is 13.3. The Morgan fingerprint density at radius 3 is 2.75 bits per heavy atom. The quantitative estimate of drug-likeness (QED) is 0.610. The van der Waals surface area contributed by atoms with Gasteiger partial charge in [-0.15, -0.1) is 0 Å². The molecule has 2 saturated heterocycles. The lowest BCUT2D eigenvalue weighted by Gasteiger charge is -2.61. The van der Waals surface area contributed by atoms with Crippen LogP contribution in [0.1, 0.15) is 51.0 Å². The van der Waals surface area contributed by atoms with E-state index in [1.165, 1.54) is 11.1 Å². The third-order valence-corrected chi connectivity index (χ3v) is 10.6. The van der Waals surface area contributed by atoms with Gasteiger partial charge in [-0.25, -0.2) is 4.39 Å². The second-order valence-corrected chi connectivity index (χ2v) is 12.3. The number of ether oxygens (including phenoxy) is 1. The number of alkyl halides is 1. The molecule has 8 unspecified atom stereocenters. The summed E-state index contributed by atoms with van der Waals surface area (Å²) in [5, 5.41) is 23.1. The smallest absolute Gasteiger partial charge is 0.171 e. The number of fused-ring (bicyclic) bond motifs is 2. The SMILES string of the molecule is CN(C)C1CC23CCC4(O2)C(=CCC2(C)C(c5cccc6ncccc56)=CCC24)CC3(F)C(O)C1O. The Kier molecular flexibility index (Phi) is 4.64. The Morgan fingerprint density at radius 2 is 1.94 bits per heavy atom. The molecular formula is C30H35FN2O3. The van der Waals surface area contributed by atoms with E-state index in [0.29, 0.717) is 12.8 Å². The summed E-state index contributed by atoms with van der Waals surface area (Å²) in [5.41, 5.74) is 0.828. The molecule has 1 saturated carbocycles. The van der Waals surface area contributed by atoms with Gasteiger partial charge in [0.1, 0.15) is 11.7 Å². The number of aliphatic hydroxyl groups is 2. The standard InChI is InChI=1S/C30H35FN2O3/c1-27-12-11-18-16-30(31)26(35)25(34)23(33(2)3)17-28(30)13-14-29(18,36-28)24(27)10-9-21(27)19-6-4-8-22-20(19)7-5-15-32-22/h4-9,11,15,23-26,34-35H,10,12-14,16-17H2,1-3H3. The van der Waals surface area contributed by atoms with Crippen LogP contribution in [0.15, 0.2) is 54.3 Å². The number of pyridine rings is 1. The molecule has 190 valence electrons. The maximum absolute atomic E-state index is 16.9. The highest BCUT2D eigenvalue weighted by Crippen LogP contribution is 2.70. The zero-order valence-electron chi connectivity index (χ0n) is 21.2. The lowest BCUT2D eigenvalue weighted by Crippen LogP contribution is -2.73. The number of hydrogen-bond donors (Lipinski definition) is 2. The molecule has 2 spiro atoms. The van der Waals surface area contributed by atoms with E-state index in [9.17, 15) is 10.2 Å². The van der Waals surface area contributed by atoms with Crippen molar-refractivity contribution >= 4 is 16.5 Å². The van der Waals surface area contributed by atoms with Gasteiger partial charge in [0.05, 0.1) is 17.2 Å². The highest BCUT2D eigenvalue weighted by molar-refractivity contribution is 5.93. The lowest BCUT2D eigenvalue weighted by molar-refractivity contribution is -0.282. The molecule has 0 amide bonds. The highest BCUT2D eigenvalue weighted by atomic mass is 19.1. The van der Waals surface area contributed by atoms with Crippen LogP contribution < -0.4 is 0 Å². The summed E-state index contributed by atoms with van der Waals surface area (Å²) < 4.78 is 23.9. The van der Waals surface area contributed by atoms with Gasteiger partial charge >= 0.3 is 0 Å². The fourth-order valence-electron chi connectivity index (χ4n) is 8.74. The predicted molar refractivity (Wildman–Crippen MR) is 137 cm³/mol. The van der Waals surface area contributed by atoms with Gasteiger partial charge in [0.25, 0.3) is 0 Å². The first kappa shape index (κ1) is 23.0. The number of nitrogens with zero attached hydrogens (tertiary/aromatic N) is 2. The first-order valence-electron chi connectivity index (χ1n) is 13.3. The van der Waals surface area contributed by atoms with Crippen LogP contribution in [-0.4, -0.2) is 69.3 Å². The third-order valence-electron chi connectivity index (χ3n) is 10.6. The number of aliphatic hydroxyl groups excluding tert-OH is 2. The van der Waals surface area contributed by atoms with E-state index >= 15 is 4.39 Å². The minimum Gasteiger partial charge on any atom is -0.389 e. The fourth-order valence-corrected chi connectivity index (χ4v) is 8.74. The van der Waals surface area contributed by atoms with Gasteiger partial charge in [0.2, 0.25) is 0 Å². The number of likely N-dealkylation sites (N-methyl/N-ethyl adjacent to an activating group) is 1. The summed E-state index contributed by atoms with van der Waals surface area (Å²) in [6.07, 6.45) is 7.36. The Labute approximate surface area is 211 Å². The van der Waals surface area contributed by atoms with E-state index < -0.39 is 29.1 Å². The number of hydrogen-bond acceptors (Lipinski definition) is 5. The van der Waals surface area contributed by atoms with Crippen LogP contribution in [0.3, 0.4) is 0 Å². The molecule has 3 heterocycles. The second kappa shape index (κ2) is 7.25. The molecule has 3 aliphatic carbocycles. The zero-order valence-corrected chi connectivity index (χ0v) is 21.2. The molecule has 1 aromatic carbocycles. The maximum atomic E-state index is 16.9. The monoisotopic (exact) mass is 490 g/mol. The molecule has 7 rings (SSSR count). The molecule has 2 N–H and O–H groups in total. The molecule has 6 heteroatoms. The summed E-state index contributed by atoms with van der Waals surface area (Å²) in [5.74, 6) is 0.206. The summed E-state index contributed by atoms with van der Waals surface area (Å²) in [7, 11) is 3.76. The Balaban J connectivity index is 1.32. The lowest BCUT2D eigenvalue weighted by atomic mass is 9.56. The van der Waals surface area contributed by atoms with Crippen LogP contribution in [0, 0.1) is 11.3 Å². The van der Waals surface area contributed by atoms with Crippen LogP contribution in [0.2, 0.25) is 0 Å². The molecule has 1 aromatic heterocycles. The van der Waals surface area contributed by atoms with Crippen molar-refractivity contribution in [2.45, 2.75) is 80.6 Å². The van der Waals surface area contributed by atoms with Gasteiger partial charge in [-0.05, 0) is 75.0 Å². The van der Waals surface area contributed by atoms with Crippen LogP contribution in [0.5, 0.6) is 0 Å². The Hall–Kier alpha value is -2.12. The predicted octanol–water partition coefficient (Wildman–Crippen LogP) is 4.43. The van der Waals surface area contributed by atoms with Gasteiger partial charge in [0, 0.05) is 35.4 Å². The van der Waals surface area contributed by atoms with Crippen molar-refractivity contribution in [1.29, 1.82) is 0 Å². The summed E-state index contributed by atoms with van der Waals surface area (Å²) in [4.78, 5) is 6.47. The average Bonchev–Trinajstić information content (AvgIpc) is 3.40. The van der Waals surface area contributed by atoms with Crippen LogP contribution in [0.4, 0.5) is 4.39 Å².